The summed E-state index contributed by atoms with van der Waals surface area (Å²) in [6.07, 6.45) is -2.94. The van der Waals surface area contributed by atoms with Crippen molar-refractivity contribution in [1.82, 2.24) is 15.6 Å². The number of alkyl halides is 3. The molecule has 0 atom stereocenters. The van der Waals surface area contributed by atoms with Gasteiger partial charge in [0.1, 0.15) is 11.6 Å². The number of halogens is 5. The van der Waals surface area contributed by atoms with Gasteiger partial charge < -0.3 is 15.4 Å². The second-order valence-corrected chi connectivity index (χ2v) is 5.73. The average Bonchev–Trinajstić information content (AvgIpc) is 2.62. The molecule has 0 aliphatic carbocycles. The third kappa shape index (κ3) is 7.87. The van der Waals surface area contributed by atoms with Crippen LogP contribution in [-0.4, -0.2) is 30.8 Å². The number of hydrogen-bond acceptors (Lipinski definition) is 3. The van der Waals surface area contributed by atoms with Gasteiger partial charge in [0.15, 0.2) is 12.6 Å². The summed E-state index contributed by atoms with van der Waals surface area (Å²) in [6.45, 7) is 0.685. The van der Waals surface area contributed by atoms with Gasteiger partial charge in [-0.05, 0) is 30.7 Å². The van der Waals surface area contributed by atoms with Crippen LogP contribution >= 0.6 is 24.0 Å². The maximum Gasteiger partial charge on any atom is 0.422 e. The molecular formula is C18H21F4IN4O. The number of nitrogens with one attached hydrogen (secondary N) is 2. The van der Waals surface area contributed by atoms with Crippen molar-refractivity contribution >= 4 is 29.9 Å². The summed E-state index contributed by atoms with van der Waals surface area (Å²) in [5, 5.41) is 5.86. The molecule has 0 aliphatic heterocycles. The molecule has 0 radical (unpaired) electrons. The number of aromatic nitrogens is 1. The number of pyridine rings is 1. The Morgan fingerprint density at radius 2 is 1.89 bits per heavy atom. The van der Waals surface area contributed by atoms with Crippen molar-refractivity contribution in [3.8, 4) is 5.75 Å². The maximum atomic E-state index is 13.6. The smallest absolute Gasteiger partial charge is 0.422 e. The van der Waals surface area contributed by atoms with Crippen molar-refractivity contribution in [3.63, 3.8) is 0 Å². The van der Waals surface area contributed by atoms with E-state index in [1.54, 1.807) is 25.1 Å². The molecule has 2 aromatic rings. The predicted octanol–water partition coefficient (Wildman–Crippen LogP) is 3.95. The molecule has 154 valence electrons. The fraction of sp³-hybridized carbons (Fsp3) is 0.333. The van der Waals surface area contributed by atoms with Crippen molar-refractivity contribution in [2.75, 3.05) is 13.7 Å². The number of ether oxygens (including phenoxy) is 1. The summed E-state index contributed by atoms with van der Waals surface area (Å²) in [6, 6.07) is 7.79. The highest BCUT2D eigenvalue weighted by atomic mass is 127. The van der Waals surface area contributed by atoms with E-state index in [9.17, 15) is 17.6 Å². The number of guanidine groups is 1. The van der Waals surface area contributed by atoms with Crippen LogP contribution < -0.4 is 15.4 Å². The van der Waals surface area contributed by atoms with E-state index < -0.39 is 18.6 Å². The zero-order chi connectivity index (χ0) is 19.9. The molecule has 0 unspecified atom stereocenters. The van der Waals surface area contributed by atoms with E-state index in [0.717, 1.165) is 5.56 Å². The van der Waals surface area contributed by atoms with Gasteiger partial charge in [-0.15, -0.1) is 24.0 Å². The van der Waals surface area contributed by atoms with E-state index in [2.05, 4.69) is 20.6 Å². The molecule has 0 saturated carbocycles. The summed E-state index contributed by atoms with van der Waals surface area (Å²) in [7, 11) is 1.53. The van der Waals surface area contributed by atoms with Gasteiger partial charge in [0, 0.05) is 25.4 Å². The van der Waals surface area contributed by atoms with Crippen molar-refractivity contribution in [2.24, 2.45) is 4.99 Å². The first-order valence-electron chi connectivity index (χ1n) is 8.11. The Labute approximate surface area is 177 Å². The number of aryl methyl sites for hydroxylation is 1. The molecular weight excluding hydrogens is 491 g/mol. The quantitative estimate of drug-likeness (QED) is 0.267. The first-order valence-corrected chi connectivity index (χ1v) is 8.11. The van der Waals surface area contributed by atoms with E-state index in [0.29, 0.717) is 11.5 Å². The predicted molar refractivity (Wildman–Crippen MR) is 109 cm³/mol. The third-order valence-corrected chi connectivity index (χ3v) is 3.54. The number of nitrogens with zero attached hydrogens (tertiary/aromatic N) is 2. The molecule has 1 aromatic carbocycles. The zero-order valence-electron chi connectivity index (χ0n) is 15.3. The molecule has 28 heavy (non-hydrogen) atoms. The molecule has 1 aromatic heterocycles. The lowest BCUT2D eigenvalue weighted by Gasteiger charge is -2.16. The van der Waals surface area contributed by atoms with Gasteiger partial charge >= 0.3 is 6.18 Å². The van der Waals surface area contributed by atoms with Crippen molar-refractivity contribution in [3.05, 3.63) is 59.2 Å². The van der Waals surface area contributed by atoms with Gasteiger partial charge in [0.05, 0.1) is 12.2 Å². The van der Waals surface area contributed by atoms with Crippen LogP contribution in [-0.2, 0) is 13.1 Å². The molecule has 0 saturated heterocycles. The summed E-state index contributed by atoms with van der Waals surface area (Å²) < 4.78 is 55.8. The first kappa shape index (κ1) is 23.9. The Balaban J connectivity index is 0.00000392. The maximum absolute atomic E-state index is 13.6. The van der Waals surface area contributed by atoms with Crippen molar-refractivity contribution in [1.29, 1.82) is 0 Å². The lowest BCUT2D eigenvalue weighted by molar-refractivity contribution is -0.153. The topological polar surface area (TPSA) is 58.5 Å². The highest BCUT2D eigenvalue weighted by molar-refractivity contribution is 14.0. The Kier molecular flexibility index (Phi) is 9.42. The molecule has 0 amide bonds. The number of benzene rings is 1. The van der Waals surface area contributed by atoms with Gasteiger partial charge in [0.25, 0.3) is 0 Å². The number of hydrogen-bond donors (Lipinski definition) is 2. The Morgan fingerprint density at radius 1 is 1.18 bits per heavy atom. The molecule has 0 aliphatic rings. The second-order valence-electron chi connectivity index (χ2n) is 5.73. The Hall–Kier alpha value is -2.11. The lowest BCUT2D eigenvalue weighted by atomic mass is 10.1. The van der Waals surface area contributed by atoms with Gasteiger partial charge in [-0.3, -0.25) is 9.98 Å². The molecule has 2 rings (SSSR count). The minimum atomic E-state index is -4.42. The molecule has 2 N–H and O–H groups in total. The number of aliphatic imine (C=N–C) groups is 1. The minimum absolute atomic E-state index is 0. The summed E-state index contributed by atoms with van der Waals surface area (Å²) in [5.41, 5.74) is 1.55. The van der Waals surface area contributed by atoms with Crippen LogP contribution in [0.2, 0.25) is 0 Å². The van der Waals surface area contributed by atoms with Crippen LogP contribution in [0.3, 0.4) is 0 Å². The fourth-order valence-corrected chi connectivity index (χ4v) is 2.22. The fourth-order valence-electron chi connectivity index (χ4n) is 2.22. The van der Waals surface area contributed by atoms with Gasteiger partial charge in [-0.1, -0.05) is 12.1 Å². The summed E-state index contributed by atoms with van der Waals surface area (Å²) >= 11 is 0. The highest BCUT2D eigenvalue weighted by Crippen LogP contribution is 2.23. The zero-order valence-corrected chi connectivity index (χ0v) is 17.6. The standard InChI is InChI=1S/C18H20F4N4O.HI/c1-12-5-6-13(16(8-12)27-11-18(20,21)22)9-25-17(23-2)26-10-15-14(19)4-3-7-24-15;/h3-8H,9-11H2,1-2H3,(H2,23,25,26);1H. The average molecular weight is 512 g/mol. The van der Waals surface area contributed by atoms with E-state index in [1.807, 2.05) is 0 Å². The summed E-state index contributed by atoms with van der Waals surface area (Å²) in [5.74, 6) is 0.0512. The molecule has 0 spiro atoms. The van der Waals surface area contributed by atoms with E-state index >= 15 is 0 Å². The molecule has 1 heterocycles. The first-order chi connectivity index (χ1) is 12.8. The molecule has 10 heteroatoms. The third-order valence-electron chi connectivity index (χ3n) is 3.54. The van der Waals surface area contributed by atoms with E-state index in [1.165, 1.54) is 25.4 Å². The molecule has 0 bridgehead atoms. The van der Waals surface area contributed by atoms with Crippen LogP contribution in [0.5, 0.6) is 5.75 Å². The van der Waals surface area contributed by atoms with Crippen LogP contribution in [0.1, 0.15) is 16.8 Å². The van der Waals surface area contributed by atoms with Crippen molar-refractivity contribution < 1.29 is 22.3 Å². The SMILES string of the molecule is CN=C(NCc1ccc(C)cc1OCC(F)(F)F)NCc1ncccc1F.I. The van der Waals surface area contributed by atoms with E-state index in [4.69, 9.17) is 4.74 Å². The van der Waals surface area contributed by atoms with Crippen LogP contribution in [0, 0.1) is 12.7 Å². The van der Waals surface area contributed by atoms with Crippen LogP contribution in [0.4, 0.5) is 17.6 Å². The lowest BCUT2D eigenvalue weighted by Crippen LogP contribution is -2.36. The second kappa shape index (κ2) is 11.0. The highest BCUT2D eigenvalue weighted by Gasteiger charge is 2.28. The van der Waals surface area contributed by atoms with Gasteiger partial charge in [-0.25, -0.2) is 4.39 Å². The Morgan fingerprint density at radius 3 is 2.54 bits per heavy atom. The largest absolute Gasteiger partial charge is 0.484 e. The normalized spacial score (nSPS) is 11.6. The van der Waals surface area contributed by atoms with Crippen LogP contribution in [0.25, 0.3) is 0 Å². The van der Waals surface area contributed by atoms with Gasteiger partial charge in [0.2, 0.25) is 0 Å². The minimum Gasteiger partial charge on any atom is -0.484 e. The number of rotatable bonds is 6. The van der Waals surface area contributed by atoms with Gasteiger partial charge in [-0.2, -0.15) is 13.2 Å². The molecule has 5 nitrogen and oxygen atoms in total. The van der Waals surface area contributed by atoms with Crippen LogP contribution in [0.15, 0.2) is 41.5 Å². The Bertz CT molecular complexity index is 799. The van der Waals surface area contributed by atoms with Crippen molar-refractivity contribution in [2.45, 2.75) is 26.2 Å². The molecule has 0 fully saturated rings. The monoisotopic (exact) mass is 512 g/mol. The summed E-state index contributed by atoms with van der Waals surface area (Å²) in [4.78, 5) is 7.93. The van der Waals surface area contributed by atoms with E-state index in [-0.39, 0.29) is 48.5 Å².